The maximum absolute atomic E-state index is 13.0. The number of pyridine rings is 2. The molecule has 11 nitrogen and oxygen atoms in total. The van der Waals surface area contributed by atoms with E-state index >= 15 is 0 Å². The molecule has 6 rings (SSSR count). The third kappa shape index (κ3) is 6.39. The number of carbonyl (C=O) groups is 2. The van der Waals surface area contributed by atoms with E-state index in [1.54, 1.807) is 13.3 Å². The van der Waals surface area contributed by atoms with E-state index in [-0.39, 0.29) is 6.61 Å². The Hall–Kier alpha value is -5.16. The summed E-state index contributed by atoms with van der Waals surface area (Å²) in [5.41, 5.74) is 3.83. The Morgan fingerprint density at radius 2 is 1.78 bits per heavy atom. The number of amides is 1. The van der Waals surface area contributed by atoms with Gasteiger partial charge in [-0.05, 0) is 36.6 Å². The Balaban J connectivity index is 1.20. The molecular formula is C34H35N5O6. The van der Waals surface area contributed by atoms with Crippen LogP contribution in [-0.4, -0.2) is 72.5 Å². The molecule has 0 unspecified atom stereocenters. The molecule has 0 atom stereocenters. The minimum atomic E-state index is -1.19. The lowest BCUT2D eigenvalue weighted by molar-refractivity contribution is -0.149. The fourth-order valence-corrected chi connectivity index (χ4v) is 5.67. The van der Waals surface area contributed by atoms with Gasteiger partial charge in [0.1, 0.15) is 30.1 Å². The number of carbonyl (C=O) groups excluding carboxylic acids is 2. The summed E-state index contributed by atoms with van der Waals surface area (Å²) in [5, 5.41) is 3.81. The maximum Gasteiger partial charge on any atom is 0.408 e. The average Bonchev–Trinajstić information content (AvgIpc) is 3.51. The molecule has 1 fully saturated rings. The number of methoxy groups -OCH3 is 2. The van der Waals surface area contributed by atoms with Crippen molar-refractivity contribution in [2.75, 3.05) is 45.4 Å². The zero-order chi connectivity index (χ0) is 31.2. The standard InChI is InChI=1S/C34H35N5O6/c1-42-19-20-44-26-13-16-39-29(22-35-30(39)21-26)27-12-11-25-9-6-10-28(31(25)36-27)38-17-14-34(15-18-38,32(40)43-2)37-33(41)45-23-24-7-4-3-5-8-24/h3-13,16,21-22H,14-15,17-20,23H2,1-2H3,(H,37,41). The van der Waals surface area contributed by atoms with Gasteiger partial charge >= 0.3 is 12.1 Å². The Labute approximate surface area is 260 Å². The van der Waals surface area contributed by atoms with Gasteiger partial charge in [0.15, 0.2) is 0 Å². The number of rotatable bonds is 10. The predicted molar refractivity (Wildman–Crippen MR) is 169 cm³/mol. The van der Waals surface area contributed by atoms with Crippen LogP contribution in [0, 0.1) is 0 Å². The van der Waals surface area contributed by atoms with Gasteiger partial charge < -0.3 is 29.2 Å². The van der Waals surface area contributed by atoms with Crippen LogP contribution in [0.2, 0.25) is 0 Å². The van der Waals surface area contributed by atoms with Crippen LogP contribution in [0.3, 0.4) is 0 Å². The maximum atomic E-state index is 13.0. The number of hydrogen-bond donors (Lipinski definition) is 1. The molecule has 11 heteroatoms. The second kappa shape index (κ2) is 13.2. The van der Waals surface area contributed by atoms with Crippen molar-refractivity contribution in [3.8, 4) is 17.1 Å². The zero-order valence-corrected chi connectivity index (χ0v) is 25.3. The van der Waals surface area contributed by atoms with Crippen LogP contribution in [0.25, 0.3) is 27.9 Å². The van der Waals surface area contributed by atoms with Crippen LogP contribution >= 0.6 is 0 Å². The first-order valence-corrected chi connectivity index (χ1v) is 14.8. The number of nitrogens with zero attached hydrogens (tertiary/aromatic N) is 4. The fraction of sp³-hybridized carbons (Fsp3) is 0.294. The van der Waals surface area contributed by atoms with Crippen molar-refractivity contribution in [2.45, 2.75) is 25.0 Å². The Kier molecular flexibility index (Phi) is 8.79. The Morgan fingerprint density at radius 1 is 0.956 bits per heavy atom. The van der Waals surface area contributed by atoms with Crippen molar-refractivity contribution < 1.29 is 28.5 Å². The molecule has 1 amide bonds. The van der Waals surface area contributed by atoms with Gasteiger partial charge in [-0.1, -0.05) is 48.5 Å². The average molecular weight is 610 g/mol. The SMILES string of the molecule is COCCOc1ccn2c(-c3ccc4cccc(N5CCC(NC(=O)OCc6ccccc6)(C(=O)OC)CC5)c4n3)cnc2c1. The normalized spacial score (nSPS) is 14.3. The molecule has 232 valence electrons. The van der Waals surface area contributed by atoms with Gasteiger partial charge in [0.2, 0.25) is 0 Å². The van der Waals surface area contributed by atoms with Crippen molar-refractivity contribution in [2.24, 2.45) is 0 Å². The quantitative estimate of drug-likeness (QED) is 0.172. The minimum absolute atomic E-state index is 0.107. The second-order valence-corrected chi connectivity index (χ2v) is 10.9. The largest absolute Gasteiger partial charge is 0.491 e. The molecule has 2 aromatic carbocycles. The van der Waals surface area contributed by atoms with E-state index in [9.17, 15) is 9.59 Å². The molecule has 4 heterocycles. The fourth-order valence-electron chi connectivity index (χ4n) is 5.67. The number of aromatic nitrogens is 3. The monoisotopic (exact) mass is 609 g/mol. The second-order valence-electron chi connectivity index (χ2n) is 10.9. The molecule has 1 aliphatic heterocycles. The van der Waals surface area contributed by atoms with E-state index in [1.165, 1.54) is 7.11 Å². The molecule has 0 aliphatic carbocycles. The highest BCUT2D eigenvalue weighted by molar-refractivity contribution is 5.93. The van der Waals surface area contributed by atoms with Crippen molar-refractivity contribution in [1.29, 1.82) is 0 Å². The number of piperidine rings is 1. The molecule has 1 saturated heterocycles. The Bertz CT molecular complexity index is 1800. The van der Waals surface area contributed by atoms with Crippen molar-refractivity contribution in [3.63, 3.8) is 0 Å². The van der Waals surface area contributed by atoms with E-state index in [0.717, 1.165) is 44.9 Å². The molecule has 0 spiro atoms. The van der Waals surface area contributed by atoms with Crippen LogP contribution in [0.1, 0.15) is 18.4 Å². The van der Waals surface area contributed by atoms with Crippen LogP contribution < -0.4 is 15.0 Å². The molecule has 0 bridgehead atoms. The van der Waals surface area contributed by atoms with Crippen molar-refractivity contribution in [3.05, 3.63) is 90.8 Å². The summed E-state index contributed by atoms with van der Waals surface area (Å²) in [5.74, 6) is 0.231. The van der Waals surface area contributed by atoms with Gasteiger partial charge in [0, 0.05) is 37.8 Å². The van der Waals surface area contributed by atoms with Crippen molar-refractivity contribution in [1.82, 2.24) is 19.7 Å². The number of nitrogens with one attached hydrogen (secondary N) is 1. The molecule has 45 heavy (non-hydrogen) atoms. The summed E-state index contributed by atoms with van der Waals surface area (Å²) in [4.78, 5) is 37.6. The molecule has 5 aromatic rings. The molecule has 1 N–H and O–H groups in total. The smallest absolute Gasteiger partial charge is 0.408 e. The van der Waals surface area contributed by atoms with E-state index in [1.807, 2.05) is 77.3 Å². The van der Waals surface area contributed by atoms with Gasteiger partial charge in [-0.15, -0.1) is 0 Å². The topological polar surface area (TPSA) is 117 Å². The predicted octanol–water partition coefficient (Wildman–Crippen LogP) is 5.01. The summed E-state index contributed by atoms with van der Waals surface area (Å²) in [6.45, 7) is 2.07. The van der Waals surface area contributed by atoms with Gasteiger partial charge in [0.05, 0.1) is 42.5 Å². The molecular weight excluding hydrogens is 574 g/mol. The van der Waals surface area contributed by atoms with Gasteiger partial charge in [-0.3, -0.25) is 4.40 Å². The zero-order valence-electron chi connectivity index (χ0n) is 25.3. The third-order valence-corrected chi connectivity index (χ3v) is 8.09. The number of esters is 1. The lowest BCUT2D eigenvalue weighted by atomic mass is 9.87. The number of ether oxygens (including phenoxy) is 4. The van der Waals surface area contributed by atoms with Crippen LogP contribution in [-0.2, 0) is 25.6 Å². The van der Waals surface area contributed by atoms with Gasteiger partial charge in [-0.25, -0.2) is 19.6 Å². The summed E-state index contributed by atoms with van der Waals surface area (Å²) < 4.78 is 23.3. The Morgan fingerprint density at radius 3 is 2.56 bits per heavy atom. The highest BCUT2D eigenvalue weighted by Gasteiger charge is 2.44. The van der Waals surface area contributed by atoms with E-state index in [0.29, 0.717) is 39.1 Å². The number of alkyl carbamates (subject to hydrolysis) is 1. The number of anilines is 1. The number of fused-ring (bicyclic) bond motifs is 2. The van der Waals surface area contributed by atoms with Crippen LogP contribution in [0.15, 0.2) is 85.2 Å². The first-order chi connectivity index (χ1) is 22.0. The minimum Gasteiger partial charge on any atom is -0.491 e. The summed E-state index contributed by atoms with van der Waals surface area (Å²) in [6.07, 6.45) is 3.76. The molecule has 0 radical (unpaired) electrons. The molecule has 1 aliphatic rings. The molecule has 0 saturated carbocycles. The summed E-state index contributed by atoms with van der Waals surface area (Å²) in [6, 6.07) is 23.3. The number of hydrogen-bond acceptors (Lipinski definition) is 9. The number of para-hydroxylation sites is 1. The molecule has 3 aromatic heterocycles. The summed E-state index contributed by atoms with van der Waals surface area (Å²) in [7, 11) is 2.97. The van der Waals surface area contributed by atoms with Crippen LogP contribution in [0.5, 0.6) is 5.75 Å². The highest BCUT2D eigenvalue weighted by Crippen LogP contribution is 2.33. The lowest BCUT2D eigenvalue weighted by Crippen LogP contribution is -2.60. The highest BCUT2D eigenvalue weighted by atomic mass is 16.6. The van der Waals surface area contributed by atoms with Gasteiger partial charge in [-0.2, -0.15) is 0 Å². The first-order valence-electron chi connectivity index (χ1n) is 14.8. The van der Waals surface area contributed by atoms with E-state index in [2.05, 4.69) is 21.3 Å². The first kappa shape index (κ1) is 29.9. The van der Waals surface area contributed by atoms with Crippen LogP contribution in [0.4, 0.5) is 10.5 Å². The van der Waals surface area contributed by atoms with E-state index in [4.69, 9.17) is 23.9 Å². The summed E-state index contributed by atoms with van der Waals surface area (Å²) >= 11 is 0. The third-order valence-electron chi connectivity index (χ3n) is 8.09. The number of benzene rings is 2. The van der Waals surface area contributed by atoms with E-state index < -0.39 is 17.6 Å². The number of imidazole rings is 1. The van der Waals surface area contributed by atoms with Crippen molar-refractivity contribution >= 4 is 34.3 Å². The van der Waals surface area contributed by atoms with Gasteiger partial charge in [0.25, 0.3) is 0 Å². The lowest BCUT2D eigenvalue weighted by Gasteiger charge is -2.40.